The van der Waals surface area contributed by atoms with Crippen LogP contribution in [0.4, 0.5) is 16.2 Å². The van der Waals surface area contributed by atoms with Crippen molar-refractivity contribution in [1.29, 1.82) is 0 Å². The van der Waals surface area contributed by atoms with Crippen molar-refractivity contribution in [3.63, 3.8) is 0 Å². The molecule has 0 bridgehead atoms. The molecular formula is C31H34N4O2. The zero-order chi connectivity index (χ0) is 25.4. The summed E-state index contributed by atoms with van der Waals surface area (Å²) in [6, 6.07) is 23.4. The Morgan fingerprint density at radius 2 is 1.65 bits per heavy atom. The predicted octanol–water partition coefficient (Wildman–Crippen LogP) is 7.36. The quantitative estimate of drug-likeness (QED) is 0.235. The highest BCUT2D eigenvalue weighted by molar-refractivity contribution is 6.05. The zero-order valence-electron chi connectivity index (χ0n) is 21.3. The van der Waals surface area contributed by atoms with Gasteiger partial charge < -0.3 is 25.7 Å². The second kappa shape index (κ2) is 9.85. The minimum absolute atomic E-state index is 0.132. The standard InChI is InChI=1S/C31H34N4O2/c1-2-37-26-17-18-27-28(19-26)35(25-7-4-8-25)30(29(27)20-9-13-22(32)14-10-20)21-11-15-24(16-12-21)34-31(36)33-23-5-3-6-23/h9-19,23,25H,2-8,32H2,1H3,(H2,33,34,36). The third-order valence-corrected chi connectivity index (χ3v) is 7.78. The number of amides is 2. The number of fused-ring (bicyclic) bond motifs is 1. The lowest BCUT2D eigenvalue weighted by molar-refractivity contribution is 0.240. The summed E-state index contributed by atoms with van der Waals surface area (Å²) in [5, 5.41) is 7.24. The summed E-state index contributed by atoms with van der Waals surface area (Å²) in [7, 11) is 0. The highest BCUT2D eigenvalue weighted by Crippen LogP contribution is 2.47. The summed E-state index contributed by atoms with van der Waals surface area (Å²) < 4.78 is 8.41. The van der Waals surface area contributed by atoms with E-state index in [-0.39, 0.29) is 6.03 Å². The lowest BCUT2D eigenvalue weighted by Gasteiger charge is -2.30. The minimum atomic E-state index is -0.132. The van der Waals surface area contributed by atoms with Crippen LogP contribution < -0.4 is 21.1 Å². The van der Waals surface area contributed by atoms with Crippen LogP contribution in [0.1, 0.15) is 51.5 Å². The number of hydrogen-bond acceptors (Lipinski definition) is 3. The summed E-state index contributed by atoms with van der Waals surface area (Å²) in [6.07, 6.45) is 6.89. The van der Waals surface area contributed by atoms with Gasteiger partial charge in [0.2, 0.25) is 0 Å². The van der Waals surface area contributed by atoms with E-state index in [2.05, 4.69) is 57.7 Å². The average Bonchev–Trinajstić information content (AvgIpc) is 3.16. The van der Waals surface area contributed by atoms with E-state index in [1.807, 2.05) is 31.2 Å². The van der Waals surface area contributed by atoms with Crippen molar-refractivity contribution in [3.8, 4) is 28.1 Å². The smallest absolute Gasteiger partial charge is 0.319 e. The molecule has 2 aliphatic rings. The van der Waals surface area contributed by atoms with Gasteiger partial charge in [-0.15, -0.1) is 0 Å². The molecule has 0 spiro atoms. The van der Waals surface area contributed by atoms with Crippen LogP contribution in [0, 0.1) is 0 Å². The SMILES string of the molecule is CCOc1ccc2c(-c3ccc(N)cc3)c(-c3ccc(NC(=O)NC4CCC4)cc3)n(C3CCC3)c2c1. The number of nitrogens with zero attached hydrogens (tertiary/aromatic N) is 1. The Bertz CT molecular complexity index is 1410. The van der Waals surface area contributed by atoms with Gasteiger partial charge in [0.05, 0.1) is 17.8 Å². The van der Waals surface area contributed by atoms with Gasteiger partial charge in [-0.1, -0.05) is 24.3 Å². The number of aromatic nitrogens is 1. The molecule has 1 heterocycles. The first kappa shape index (κ1) is 23.5. The van der Waals surface area contributed by atoms with Crippen LogP contribution in [0.15, 0.2) is 66.7 Å². The summed E-state index contributed by atoms with van der Waals surface area (Å²) in [5.41, 5.74) is 13.4. The summed E-state index contributed by atoms with van der Waals surface area (Å²) in [4.78, 5) is 12.4. The predicted molar refractivity (Wildman–Crippen MR) is 151 cm³/mol. The normalized spacial score (nSPS) is 15.7. The van der Waals surface area contributed by atoms with Crippen LogP contribution in [0.2, 0.25) is 0 Å². The number of rotatable bonds is 7. The number of anilines is 2. The van der Waals surface area contributed by atoms with Gasteiger partial charge in [-0.05, 0) is 93.0 Å². The number of benzene rings is 3. The number of carbonyl (C=O) groups is 1. The van der Waals surface area contributed by atoms with Gasteiger partial charge >= 0.3 is 6.03 Å². The van der Waals surface area contributed by atoms with Crippen molar-refractivity contribution in [2.24, 2.45) is 0 Å². The van der Waals surface area contributed by atoms with Gasteiger partial charge in [0.1, 0.15) is 5.75 Å². The first-order valence-corrected chi connectivity index (χ1v) is 13.5. The summed E-state index contributed by atoms with van der Waals surface area (Å²) >= 11 is 0. The van der Waals surface area contributed by atoms with E-state index in [0.29, 0.717) is 18.7 Å². The van der Waals surface area contributed by atoms with Crippen molar-refractivity contribution < 1.29 is 9.53 Å². The van der Waals surface area contributed by atoms with Gasteiger partial charge in [-0.2, -0.15) is 0 Å². The topological polar surface area (TPSA) is 81.3 Å². The molecule has 4 aromatic rings. The van der Waals surface area contributed by atoms with Gasteiger partial charge in [-0.3, -0.25) is 0 Å². The Morgan fingerprint density at radius 3 is 2.27 bits per heavy atom. The molecule has 6 nitrogen and oxygen atoms in total. The second-order valence-corrected chi connectivity index (χ2v) is 10.2. The highest BCUT2D eigenvalue weighted by atomic mass is 16.5. The third-order valence-electron chi connectivity index (χ3n) is 7.78. The number of ether oxygens (including phenoxy) is 1. The number of urea groups is 1. The van der Waals surface area contributed by atoms with Crippen molar-refractivity contribution in [3.05, 3.63) is 66.7 Å². The average molecular weight is 495 g/mol. The molecule has 0 aliphatic heterocycles. The first-order chi connectivity index (χ1) is 18.1. The van der Waals surface area contributed by atoms with Crippen molar-refractivity contribution in [2.75, 3.05) is 17.7 Å². The van der Waals surface area contributed by atoms with Crippen molar-refractivity contribution in [1.82, 2.24) is 9.88 Å². The van der Waals surface area contributed by atoms with E-state index in [4.69, 9.17) is 10.5 Å². The first-order valence-electron chi connectivity index (χ1n) is 13.5. The molecule has 6 rings (SSSR count). The molecule has 37 heavy (non-hydrogen) atoms. The minimum Gasteiger partial charge on any atom is -0.494 e. The van der Waals surface area contributed by atoms with Gasteiger partial charge in [0.25, 0.3) is 0 Å². The molecule has 0 radical (unpaired) electrons. The summed E-state index contributed by atoms with van der Waals surface area (Å²) in [6.45, 7) is 2.65. The Labute approximate surface area is 217 Å². The molecule has 0 saturated heterocycles. The molecule has 0 unspecified atom stereocenters. The Balaban J connectivity index is 1.46. The third kappa shape index (κ3) is 4.52. The lowest BCUT2D eigenvalue weighted by atomic mass is 9.91. The maximum atomic E-state index is 12.4. The fourth-order valence-electron chi connectivity index (χ4n) is 5.41. The maximum absolute atomic E-state index is 12.4. The molecule has 2 saturated carbocycles. The Kier molecular flexibility index (Phi) is 6.25. The van der Waals surface area contributed by atoms with E-state index >= 15 is 0 Å². The van der Waals surface area contributed by atoms with Crippen LogP contribution in [-0.2, 0) is 0 Å². The molecule has 3 aromatic carbocycles. The molecule has 2 aliphatic carbocycles. The summed E-state index contributed by atoms with van der Waals surface area (Å²) in [5.74, 6) is 0.889. The van der Waals surface area contributed by atoms with Crippen LogP contribution in [0.25, 0.3) is 33.3 Å². The fraction of sp³-hybridized carbons (Fsp3) is 0.323. The molecule has 4 N–H and O–H groups in total. The number of hydrogen-bond donors (Lipinski definition) is 3. The second-order valence-electron chi connectivity index (χ2n) is 10.2. The number of nitrogens with two attached hydrogens (primary N) is 1. The van der Waals surface area contributed by atoms with E-state index < -0.39 is 0 Å². The van der Waals surface area contributed by atoms with E-state index in [0.717, 1.165) is 53.9 Å². The number of nitrogens with one attached hydrogen (secondary N) is 2. The van der Waals surface area contributed by atoms with Crippen molar-refractivity contribution in [2.45, 2.75) is 57.5 Å². The van der Waals surface area contributed by atoms with Crippen LogP contribution in [0.5, 0.6) is 5.75 Å². The molecule has 1 aromatic heterocycles. The van der Waals surface area contributed by atoms with Gasteiger partial charge in [0, 0.05) is 40.5 Å². The number of nitrogen functional groups attached to an aromatic ring is 1. The van der Waals surface area contributed by atoms with Gasteiger partial charge in [-0.25, -0.2) is 4.79 Å². The van der Waals surface area contributed by atoms with Crippen LogP contribution >= 0.6 is 0 Å². The lowest BCUT2D eigenvalue weighted by Crippen LogP contribution is -2.41. The maximum Gasteiger partial charge on any atom is 0.319 e. The van der Waals surface area contributed by atoms with Crippen LogP contribution in [-0.4, -0.2) is 23.2 Å². The monoisotopic (exact) mass is 494 g/mol. The zero-order valence-corrected chi connectivity index (χ0v) is 21.3. The molecule has 0 atom stereocenters. The molecular weight excluding hydrogens is 460 g/mol. The van der Waals surface area contributed by atoms with E-state index in [9.17, 15) is 4.79 Å². The molecule has 2 fully saturated rings. The van der Waals surface area contributed by atoms with Crippen LogP contribution in [0.3, 0.4) is 0 Å². The molecule has 6 heteroatoms. The van der Waals surface area contributed by atoms with E-state index in [1.54, 1.807) is 0 Å². The molecule has 190 valence electrons. The largest absolute Gasteiger partial charge is 0.494 e. The fourth-order valence-corrected chi connectivity index (χ4v) is 5.41. The molecule has 2 amide bonds. The van der Waals surface area contributed by atoms with E-state index in [1.165, 1.54) is 35.0 Å². The van der Waals surface area contributed by atoms with Gasteiger partial charge in [0.15, 0.2) is 0 Å². The van der Waals surface area contributed by atoms with Crippen molar-refractivity contribution >= 4 is 28.3 Å². The highest BCUT2D eigenvalue weighted by Gasteiger charge is 2.28. The number of carbonyl (C=O) groups excluding carboxylic acids is 1. The Hall–Kier alpha value is -3.93. The Morgan fingerprint density at radius 1 is 0.946 bits per heavy atom.